The summed E-state index contributed by atoms with van der Waals surface area (Å²) in [6, 6.07) is 15.8. The van der Waals surface area contributed by atoms with Crippen LogP contribution in [0, 0.1) is 0 Å². The number of aromatic amines is 1. The molecule has 0 amide bonds. The molecule has 5 N–H and O–H groups in total. The number of aromatic nitrogens is 1. The van der Waals surface area contributed by atoms with Gasteiger partial charge in [-0.25, -0.2) is 0 Å². The highest BCUT2D eigenvalue weighted by Crippen LogP contribution is 2.35. The van der Waals surface area contributed by atoms with Gasteiger partial charge in [-0.1, -0.05) is 36.4 Å². The Morgan fingerprint density at radius 2 is 1.47 bits per heavy atom. The van der Waals surface area contributed by atoms with Crippen molar-refractivity contribution in [3.63, 3.8) is 0 Å². The predicted molar refractivity (Wildman–Crippen MR) is 87.1 cm³/mol. The molecule has 100 valence electrons. The number of H-pyrrole nitrogens is 1. The second-order valence-electron chi connectivity index (χ2n) is 4.05. The van der Waals surface area contributed by atoms with E-state index in [1.54, 1.807) is 0 Å². The van der Waals surface area contributed by atoms with E-state index in [-0.39, 0.29) is 24.8 Å². The van der Waals surface area contributed by atoms with Gasteiger partial charge in [0.15, 0.2) is 0 Å². The van der Waals surface area contributed by atoms with E-state index in [9.17, 15) is 0 Å². The van der Waals surface area contributed by atoms with Crippen LogP contribution in [0.4, 0.5) is 11.4 Å². The Morgan fingerprint density at radius 3 is 2.11 bits per heavy atom. The Hall–Kier alpha value is -1.84. The SMILES string of the molecule is Cl.Cl.Nc1cccc2[nH]c(-c3ccccc3)c(N)c12. The summed E-state index contributed by atoms with van der Waals surface area (Å²) in [5, 5.41) is 0.909. The molecule has 1 aromatic heterocycles. The van der Waals surface area contributed by atoms with Gasteiger partial charge in [-0.3, -0.25) is 0 Å². The second kappa shape index (κ2) is 5.87. The maximum absolute atomic E-state index is 6.16. The highest BCUT2D eigenvalue weighted by molar-refractivity contribution is 6.06. The van der Waals surface area contributed by atoms with Gasteiger partial charge in [0, 0.05) is 16.6 Å². The molecule has 3 rings (SSSR count). The van der Waals surface area contributed by atoms with E-state index in [2.05, 4.69) is 4.98 Å². The van der Waals surface area contributed by atoms with E-state index < -0.39 is 0 Å². The van der Waals surface area contributed by atoms with Crippen LogP contribution in [0.25, 0.3) is 22.2 Å². The van der Waals surface area contributed by atoms with Crippen LogP contribution in [0.2, 0.25) is 0 Å². The maximum atomic E-state index is 6.16. The molecule has 0 saturated heterocycles. The van der Waals surface area contributed by atoms with Crippen molar-refractivity contribution < 1.29 is 0 Å². The number of nitrogens with two attached hydrogens (primary N) is 2. The van der Waals surface area contributed by atoms with Gasteiger partial charge in [0.1, 0.15) is 0 Å². The van der Waals surface area contributed by atoms with Crippen LogP contribution >= 0.6 is 24.8 Å². The Balaban J connectivity index is 0.000000902. The van der Waals surface area contributed by atoms with Gasteiger partial charge in [-0.05, 0) is 12.1 Å². The minimum absolute atomic E-state index is 0. The molecule has 0 bridgehead atoms. The molecule has 0 aliphatic carbocycles. The van der Waals surface area contributed by atoms with Crippen molar-refractivity contribution in [2.75, 3.05) is 11.5 Å². The van der Waals surface area contributed by atoms with Crippen molar-refractivity contribution in [3.05, 3.63) is 48.5 Å². The summed E-state index contributed by atoms with van der Waals surface area (Å²) >= 11 is 0. The molecule has 0 spiro atoms. The number of hydrogen-bond acceptors (Lipinski definition) is 2. The van der Waals surface area contributed by atoms with Crippen LogP contribution in [-0.4, -0.2) is 4.98 Å². The van der Waals surface area contributed by atoms with Crippen LogP contribution in [0.15, 0.2) is 48.5 Å². The highest BCUT2D eigenvalue weighted by atomic mass is 35.5. The van der Waals surface area contributed by atoms with Gasteiger partial charge in [-0.2, -0.15) is 0 Å². The topological polar surface area (TPSA) is 67.8 Å². The summed E-state index contributed by atoms with van der Waals surface area (Å²) < 4.78 is 0. The van der Waals surface area contributed by atoms with Gasteiger partial charge < -0.3 is 16.5 Å². The summed E-state index contributed by atoms with van der Waals surface area (Å²) in [6.07, 6.45) is 0. The van der Waals surface area contributed by atoms with E-state index in [4.69, 9.17) is 11.5 Å². The standard InChI is InChI=1S/C14H13N3.2ClH/c15-10-7-4-8-11-12(10)13(16)14(17-11)9-5-2-1-3-6-9;;/h1-8,17H,15-16H2;2*1H. The van der Waals surface area contributed by atoms with Gasteiger partial charge in [0.25, 0.3) is 0 Å². The Kier molecular flexibility index (Phi) is 4.70. The molecule has 1 heterocycles. The first-order valence-corrected chi connectivity index (χ1v) is 5.48. The number of fused-ring (bicyclic) bond motifs is 1. The average molecular weight is 296 g/mol. The minimum atomic E-state index is 0. The lowest BCUT2D eigenvalue weighted by molar-refractivity contribution is 1.45. The van der Waals surface area contributed by atoms with Crippen LogP contribution in [-0.2, 0) is 0 Å². The fraction of sp³-hybridized carbons (Fsp3) is 0. The molecule has 19 heavy (non-hydrogen) atoms. The smallest absolute Gasteiger partial charge is 0.0699 e. The van der Waals surface area contributed by atoms with Gasteiger partial charge in [0.2, 0.25) is 0 Å². The maximum Gasteiger partial charge on any atom is 0.0699 e. The molecule has 0 radical (unpaired) electrons. The molecular weight excluding hydrogens is 281 g/mol. The normalized spacial score (nSPS) is 9.68. The number of anilines is 2. The first-order chi connectivity index (χ1) is 8.27. The first kappa shape index (κ1) is 15.2. The average Bonchev–Trinajstić information content (AvgIpc) is 2.69. The largest absolute Gasteiger partial charge is 0.398 e. The third kappa shape index (κ3) is 2.48. The van der Waals surface area contributed by atoms with E-state index in [1.807, 2.05) is 48.5 Å². The van der Waals surface area contributed by atoms with Crippen LogP contribution in [0.5, 0.6) is 0 Å². The van der Waals surface area contributed by atoms with Gasteiger partial charge in [0.05, 0.1) is 16.9 Å². The lowest BCUT2D eigenvalue weighted by Gasteiger charge is -2.00. The van der Waals surface area contributed by atoms with Gasteiger partial charge in [-0.15, -0.1) is 24.8 Å². The highest BCUT2D eigenvalue weighted by Gasteiger charge is 2.11. The molecule has 2 aromatic carbocycles. The molecule has 5 heteroatoms. The number of nitrogens with one attached hydrogen (secondary N) is 1. The zero-order chi connectivity index (χ0) is 11.8. The van der Waals surface area contributed by atoms with Crippen molar-refractivity contribution in [1.29, 1.82) is 0 Å². The summed E-state index contributed by atoms with van der Waals surface area (Å²) in [4.78, 5) is 3.32. The molecule has 0 saturated carbocycles. The summed E-state index contributed by atoms with van der Waals surface area (Å²) in [7, 11) is 0. The summed E-state index contributed by atoms with van der Waals surface area (Å²) in [5.41, 5.74) is 16.5. The van der Waals surface area contributed by atoms with Crippen molar-refractivity contribution in [3.8, 4) is 11.3 Å². The van der Waals surface area contributed by atoms with E-state index in [0.29, 0.717) is 11.4 Å². The molecule has 0 aliphatic rings. The Bertz CT molecular complexity index is 678. The fourth-order valence-corrected chi connectivity index (χ4v) is 2.13. The quantitative estimate of drug-likeness (QED) is 0.597. The molecule has 0 atom stereocenters. The monoisotopic (exact) mass is 295 g/mol. The second-order valence-corrected chi connectivity index (χ2v) is 4.05. The molecule has 0 aliphatic heterocycles. The Morgan fingerprint density at radius 1 is 0.789 bits per heavy atom. The Labute approximate surface area is 123 Å². The van der Waals surface area contributed by atoms with E-state index in [1.165, 1.54) is 0 Å². The van der Waals surface area contributed by atoms with Gasteiger partial charge >= 0.3 is 0 Å². The van der Waals surface area contributed by atoms with Crippen molar-refractivity contribution >= 4 is 47.1 Å². The van der Waals surface area contributed by atoms with Crippen molar-refractivity contribution in [2.24, 2.45) is 0 Å². The number of benzene rings is 2. The zero-order valence-electron chi connectivity index (χ0n) is 10.1. The fourth-order valence-electron chi connectivity index (χ4n) is 2.13. The summed E-state index contributed by atoms with van der Waals surface area (Å²) in [6.45, 7) is 0. The van der Waals surface area contributed by atoms with Crippen LogP contribution in [0.1, 0.15) is 0 Å². The number of hydrogen-bond donors (Lipinski definition) is 3. The molecule has 3 nitrogen and oxygen atoms in total. The molecular formula is C14H15Cl2N3. The molecule has 3 aromatic rings. The van der Waals surface area contributed by atoms with Crippen LogP contribution < -0.4 is 11.5 Å². The summed E-state index contributed by atoms with van der Waals surface area (Å²) in [5.74, 6) is 0. The van der Waals surface area contributed by atoms with Crippen molar-refractivity contribution in [2.45, 2.75) is 0 Å². The number of halogens is 2. The third-order valence-electron chi connectivity index (χ3n) is 2.96. The van der Waals surface area contributed by atoms with Crippen molar-refractivity contribution in [1.82, 2.24) is 4.98 Å². The third-order valence-corrected chi connectivity index (χ3v) is 2.96. The first-order valence-electron chi connectivity index (χ1n) is 5.48. The lowest BCUT2D eigenvalue weighted by atomic mass is 10.1. The van der Waals surface area contributed by atoms with E-state index >= 15 is 0 Å². The zero-order valence-corrected chi connectivity index (χ0v) is 11.7. The molecule has 0 unspecified atom stereocenters. The minimum Gasteiger partial charge on any atom is -0.398 e. The predicted octanol–water partition coefficient (Wildman–Crippen LogP) is 3.84. The number of nitrogen functional groups attached to an aromatic ring is 2. The van der Waals surface area contributed by atoms with Crippen LogP contribution in [0.3, 0.4) is 0 Å². The lowest BCUT2D eigenvalue weighted by Crippen LogP contribution is -1.90. The van der Waals surface area contributed by atoms with E-state index in [0.717, 1.165) is 22.2 Å². The number of rotatable bonds is 1. The molecule has 0 fully saturated rings.